The van der Waals surface area contributed by atoms with Gasteiger partial charge in [-0.2, -0.15) is 13.2 Å². The third-order valence-corrected chi connectivity index (χ3v) is 4.60. The predicted molar refractivity (Wildman–Crippen MR) is 98.1 cm³/mol. The maximum Gasteiger partial charge on any atom is 0.416 e. The molecule has 0 saturated carbocycles. The molecule has 8 heteroatoms. The minimum Gasteiger partial charge on any atom is -0.457 e. The van der Waals surface area contributed by atoms with Gasteiger partial charge >= 0.3 is 6.18 Å². The van der Waals surface area contributed by atoms with Gasteiger partial charge in [-0.05, 0) is 61.2 Å². The molecule has 3 rings (SSSR count). The molecule has 5 nitrogen and oxygen atoms in total. The lowest BCUT2D eigenvalue weighted by Crippen LogP contribution is -2.43. The highest BCUT2D eigenvalue weighted by Gasteiger charge is 2.30. The van der Waals surface area contributed by atoms with Crippen molar-refractivity contribution in [3.63, 3.8) is 0 Å². The molecule has 1 aliphatic heterocycles. The minimum atomic E-state index is -4.43. The Hall–Kier alpha value is -2.58. The fraction of sp³-hybridized carbons (Fsp3) is 0.350. The van der Waals surface area contributed by atoms with Gasteiger partial charge in [0, 0.05) is 18.9 Å². The van der Waals surface area contributed by atoms with Crippen molar-refractivity contribution in [3.8, 4) is 11.5 Å². The second kappa shape index (κ2) is 8.62. The zero-order valence-corrected chi connectivity index (χ0v) is 15.0. The largest absolute Gasteiger partial charge is 0.457 e. The summed E-state index contributed by atoms with van der Waals surface area (Å²) >= 11 is 0. The number of anilines is 1. The van der Waals surface area contributed by atoms with Crippen LogP contribution in [0, 0.1) is 5.92 Å². The van der Waals surface area contributed by atoms with E-state index in [1.54, 1.807) is 24.3 Å². The summed E-state index contributed by atoms with van der Waals surface area (Å²) in [5.74, 6) is 0.231. The van der Waals surface area contributed by atoms with Gasteiger partial charge in [-0.3, -0.25) is 4.79 Å². The summed E-state index contributed by atoms with van der Waals surface area (Å²) in [5.41, 5.74) is 5.79. The van der Waals surface area contributed by atoms with E-state index in [2.05, 4.69) is 5.32 Å². The highest BCUT2D eigenvalue weighted by Crippen LogP contribution is 2.33. The first kappa shape index (κ1) is 20.2. The first-order valence-corrected chi connectivity index (χ1v) is 8.92. The van der Waals surface area contributed by atoms with Crippen molar-refractivity contribution >= 4 is 11.6 Å². The summed E-state index contributed by atoms with van der Waals surface area (Å²) in [7, 11) is 0. The van der Waals surface area contributed by atoms with Crippen LogP contribution in [0.3, 0.4) is 0 Å². The minimum absolute atomic E-state index is 0.0770. The summed E-state index contributed by atoms with van der Waals surface area (Å²) in [6, 6.07) is 10.4. The highest BCUT2D eigenvalue weighted by atomic mass is 19.4. The number of nitrogens with two attached hydrogens (primary N) is 1. The fourth-order valence-corrected chi connectivity index (χ4v) is 2.99. The average molecular weight is 394 g/mol. The number of amides is 1. The van der Waals surface area contributed by atoms with E-state index < -0.39 is 17.8 Å². The highest BCUT2D eigenvalue weighted by molar-refractivity contribution is 5.94. The van der Waals surface area contributed by atoms with Crippen molar-refractivity contribution in [2.24, 2.45) is 11.7 Å². The van der Waals surface area contributed by atoms with Gasteiger partial charge in [-0.1, -0.05) is 6.07 Å². The molecule has 0 bridgehead atoms. The van der Waals surface area contributed by atoms with Gasteiger partial charge in [0.15, 0.2) is 0 Å². The van der Waals surface area contributed by atoms with Gasteiger partial charge in [0.05, 0.1) is 11.6 Å². The van der Waals surface area contributed by atoms with Crippen molar-refractivity contribution in [2.45, 2.75) is 25.1 Å². The molecule has 2 aromatic rings. The molecular formula is C20H21F3N2O3. The number of nitrogens with one attached hydrogen (secondary N) is 1. The number of benzene rings is 2. The molecule has 1 unspecified atom stereocenters. The molecule has 0 aromatic heterocycles. The van der Waals surface area contributed by atoms with Crippen LogP contribution in [0.4, 0.5) is 18.9 Å². The third-order valence-electron chi connectivity index (χ3n) is 4.60. The lowest BCUT2D eigenvalue weighted by atomic mass is 9.92. The van der Waals surface area contributed by atoms with Crippen molar-refractivity contribution in [1.82, 2.24) is 0 Å². The molecule has 1 amide bonds. The fourth-order valence-electron chi connectivity index (χ4n) is 2.99. The molecule has 1 heterocycles. The van der Waals surface area contributed by atoms with Gasteiger partial charge in [-0.25, -0.2) is 0 Å². The Labute approximate surface area is 160 Å². The number of hydrogen-bond donors (Lipinski definition) is 2. The number of halogens is 3. The van der Waals surface area contributed by atoms with Crippen molar-refractivity contribution in [1.29, 1.82) is 0 Å². The van der Waals surface area contributed by atoms with E-state index in [4.69, 9.17) is 15.2 Å². The van der Waals surface area contributed by atoms with Crippen LogP contribution in [0.15, 0.2) is 48.5 Å². The lowest BCUT2D eigenvalue weighted by molar-refractivity contribution is -0.137. The van der Waals surface area contributed by atoms with Crippen molar-refractivity contribution in [2.75, 3.05) is 18.5 Å². The summed E-state index contributed by atoms with van der Waals surface area (Å²) in [6.45, 7) is 1.21. The normalized spacial score (nSPS) is 16.4. The zero-order chi connectivity index (χ0) is 20.1. The molecule has 1 atom stereocenters. The summed E-state index contributed by atoms with van der Waals surface area (Å²) in [4.78, 5) is 12.3. The molecule has 1 fully saturated rings. The SMILES string of the molecule is NC(C(=O)Nc1ccc(Oc2cccc(C(F)(F)F)c2)cc1)C1CCOCC1. The van der Waals surface area contributed by atoms with E-state index in [0.29, 0.717) is 24.7 Å². The number of rotatable bonds is 5. The Bertz CT molecular complexity index is 803. The summed E-state index contributed by atoms with van der Waals surface area (Å²) < 4.78 is 49.0. The predicted octanol–water partition coefficient (Wildman–Crippen LogP) is 4.19. The smallest absolute Gasteiger partial charge is 0.416 e. The number of carbonyl (C=O) groups excluding carboxylic acids is 1. The van der Waals surface area contributed by atoms with E-state index in [-0.39, 0.29) is 17.6 Å². The zero-order valence-electron chi connectivity index (χ0n) is 15.0. The molecule has 28 heavy (non-hydrogen) atoms. The topological polar surface area (TPSA) is 73.6 Å². The lowest BCUT2D eigenvalue weighted by Gasteiger charge is -2.26. The molecule has 2 aromatic carbocycles. The van der Waals surface area contributed by atoms with Crippen LogP contribution in [-0.2, 0) is 15.7 Å². The summed E-state index contributed by atoms with van der Waals surface area (Å²) in [5, 5.41) is 2.75. The molecule has 1 aliphatic rings. The summed E-state index contributed by atoms with van der Waals surface area (Å²) in [6.07, 6.45) is -2.94. The number of carbonyl (C=O) groups is 1. The Morgan fingerprint density at radius 2 is 1.79 bits per heavy atom. The Morgan fingerprint density at radius 3 is 2.43 bits per heavy atom. The monoisotopic (exact) mass is 394 g/mol. The maximum absolute atomic E-state index is 12.8. The second-order valence-corrected chi connectivity index (χ2v) is 6.62. The quantitative estimate of drug-likeness (QED) is 0.798. The Morgan fingerprint density at radius 1 is 1.11 bits per heavy atom. The van der Waals surface area contributed by atoms with E-state index in [1.165, 1.54) is 12.1 Å². The maximum atomic E-state index is 12.8. The van der Waals surface area contributed by atoms with E-state index in [0.717, 1.165) is 25.0 Å². The molecule has 0 aliphatic carbocycles. The first-order valence-electron chi connectivity index (χ1n) is 8.92. The van der Waals surface area contributed by atoms with Crippen LogP contribution in [0.25, 0.3) is 0 Å². The van der Waals surface area contributed by atoms with Crippen LogP contribution >= 0.6 is 0 Å². The van der Waals surface area contributed by atoms with Crippen LogP contribution in [0.1, 0.15) is 18.4 Å². The molecular weight excluding hydrogens is 373 g/mol. The van der Waals surface area contributed by atoms with Gasteiger partial charge in [0.2, 0.25) is 5.91 Å². The van der Waals surface area contributed by atoms with Gasteiger partial charge < -0.3 is 20.5 Å². The van der Waals surface area contributed by atoms with E-state index in [1.807, 2.05) is 0 Å². The Balaban J connectivity index is 1.60. The molecule has 0 radical (unpaired) electrons. The van der Waals surface area contributed by atoms with Crippen LogP contribution in [0.5, 0.6) is 11.5 Å². The van der Waals surface area contributed by atoms with Gasteiger partial charge in [0.25, 0.3) is 0 Å². The van der Waals surface area contributed by atoms with Crippen LogP contribution in [-0.4, -0.2) is 25.2 Å². The first-order chi connectivity index (χ1) is 13.3. The number of alkyl halides is 3. The van der Waals surface area contributed by atoms with Crippen LogP contribution in [0.2, 0.25) is 0 Å². The van der Waals surface area contributed by atoms with E-state index >= 15 is 0 Å². The second-order valence-electron chi connectivity index (χ2n) is 6.62. The molecule has 1 saturated heterocycles. The Kier molecular flexibility index (Phi) is 6.21. The third kappa shape index (κ3) is 5.24. The van der Waals surface area contributed by atoms with E-state index in [9.17, 15) is 18.0 Å². The van der Waals surface area contributed by atoms with Crippen molar-refractivity contribution < 1.29 is 27.4 Å². The van der Waals surface area contributed by atoms with Gasteiger partial charge in [0.1, 0.15) is 11.5 Å². The van der Waals surface area contributed by atoms with Crippen molar-refractivity contribution in [3.05, 3.63) is 54.1 Å². The molecule has 150 valence electrons. The van der Waals surface area contributed by atoms with Gasteiger partial charge in [-0.15, -0.1) is 0 Å². The van der Waals surface area contributed by atoms with Crippen LogP contribution < -0.4 is 15.8 Å². The molecule has 0 spiro atoms. The molecule has 3 N–H and O–H groups in total. The number of ether oxygens (including phenoxy) is 2. The average Bonchev–Trinajstić information content (AvgIpc) is 2.69. The standard InChI is InChI=1S/C20H21F3N2O3/c21-20(22,23)14-2-1-3-17(12-14)28-16-6-4-15(5-7-16)25-19(26)18(24)13-8-10-27-11-9-13/h1-7,12-13,18H,8-11,24H2,(H,25,26). The number of hydrogen-bond acceptors (Lipinski definition) is 4.